The van der Waals surface area contributed by atoms with Gasteiger partial charge >= 0.3 is 0 Å². The standard InChI is InChI=1S/C11H19NO/c1-9-5-2-3-6-10(9)12-8-4-7-11(12)13/h9-10H,2-8H2,1H3/t9-,10+/m0/s1. The van der Waals surface area contributed by atoms with Crippen LogP contribution in [0.25, 0.3) is 0 Å². The summed E-state index contributed by atoms with van der Waals surface area (Å²) in [6.07, 6.45) is 7.12. The van der Waals surface area contributed by atoms with Crippen LogP contribution < -0.4 is 0 Å². The molecule has 1 aliphatic carbocycles. The van der Waals surface area contributed by atoms with E-state index in [0.717, 1.165) is 25.3 Å². The van der Waals surface area contributed by atoms with Gasteiger partial charge in [-0.05, 0) is 25.2 Å². The monoisotopic (exact) mass is 181 g/mol. The van der Waals surface area contributed by atoms with Gasteiger partial charge in [-0.25, -0.2) is 0 Å². The third-order valence-corrected chi connectivity index (χ3v) is 3.58. The highest BCUT2D eigenvalue weighted by Gasteiger charge is 2.32. The molecule has 0 N–H and O–H groups in total. The van der Waals surface area contributed by atoms with Gasteiger partial charge in [0, 0.05) is 19.0 Å². The van der Waals surface area contributed by atoms with E-state index in [0.29, 0.717) is 11.9 Å². The lowest BCUT2D eigenvalue weighted by atomic mass is 9.85. The van der Waals surface area contributed by atoms with Crippen molar-refractivity contribution < 1.29 is 4.79 Å². The van der Waals surface area contributed by atoms with Gasteiger partial charge in [-0.15, -0.1) is 0 Å². The quantitative estimate of drug-likeness (QED) is 0.607. The van der Waals surface area contributed by atoms with Gasteiger partial charge in [-0.1, -0.05) is 19.8 Å². The molecule has 0 aromatic carbocycles. The molecule has 13 heavy (non-hydrogen) atoms. The predicted octanol–water partition coefficient (Wildman–Crippen LogP) is 2.19. The molecule has 0 unspecified atom stereocenters. The largest absolute Gasteiger partial charge is 0.339 e. The Labute approximate surface area is 80.3 Å². The lowest BCUT2D eigenvalue weighted by molar-refractivity contribution is -0.131. The number of hydrogen-bond donors (Lipinski definition) is 0. The minimum Gasteiger partial charge on any atom is -0.339 e. The summed E-state index contributed by atoms with van der Waals surface area (Å²) >= 11 is 0. The number of carbonyl (C=O) groups is 1. The van der Waals surface area contributed by atoms with Crippen molar-refractivity contribution in [2.75, 3.05) is 6.54 Å². The first-order valence-electron chi connectivity index (χ1n) is 5.58. The Hall–Kier alpha value is -0.530. The molecule has 1 amide bonds. The maximum Gasteiger partial charge on any atom is 0.222 e. The summed E-state index contributed by atoms with van der Waals surface area (Å²) in [5.74, 6) is 1.13. The van der Waals surface area contributed by atoms with E-state index in [1.807, 2.05) is 0 Å². The molecule has 74 valence electrons. The lowest BCUT2D eigenvalue weighted by Gasteiger charge is -2.36. The first kappa shape index (κ1) is 9.04. The van der Waals surface area contributed by atoms with Crippen molar-refractivity contribution in [3.63, 3.8) is 0 Å². The molecular formula is C11H19NO. The molecule has 2 atom stereocenters. The van der Waals surface area contributed by atoms with Crippen LogP contribution >= 0.6 is 0 Å². The SMILES string of the molecule is C[C@H]1CCCC[C@H]1N1CCCC1=O. The van der Waals surface area contributed by atoms with Crippen LogP contribution in [-0.4, -0.2) is 23.4 Å². The van der Waals surface area contributed by atoms with Gasteiger partial charge in [0.2, 0.25) is 5.91 Å². The number of nitrogens with zero attached hydrogens (tertiary/aromatic N) is 1. The van der Waals surface area contributed by atoms with Gasteiger partial charge in [-0.3, -0.25) is 4.79 Å². The van der Waals surface area contributed by atoms with Crippen LogP contribution in [0.3, 0.4) is 0 Å². The highest BCUT2D eigenvalue weighted by atomic mass is 16.2. The van der Waals surface area contributed by atoms with Crippen LogP contribution in [0.2, 0.25) is 0 Å². The minimum absolute atomic E-state index is 0.402. The predicted molar refractivity (Wildman–Crippen MR) is 52.4 cm³/mol. The fraction of sp³-hybridized carbons (Fsp3) is 0.909. The molecule has 0 bridgehead atoms. The fourth-order valence-corrected chi connectivity index (χ4v) is 2.78. The normalized spacial score (nSPS) is 35.5. The zero-order valence-corrected chi connectivity index (χ0v) is 8.46. The molecular weight excluding hydrogens is 162 g/mol. The maximum absolute atomic E-state index is 11.5. The Bertz CT molecular complexity index is 202. The summed E-state index contributed by atoms with van der Waals surface area (Å²) in [4.78, 5) is 13.7. The van der Waals surface area contributed by atoms with Gasteiger partial charge in [0.05, 0.1) is 0 Å². The Balaban J connectivity index is 2.01. The molecule has 1 saturated heterocycles. The van der Waals surface area contributed by atoms with Crippen LogP contribution in [0, 0.1) is 5.92 Å². The zero-order chi connectivity index (χ0) is 9.26. The molecule has 0 aromatic rings. The molecule has 2 aliphatic rings. The van der Waals surface area contributed by atoms with E-state index in [1.54, 1.807) is 0 Å². The molecule has 0 aromatic heterocycles. The number of carbonyl (C=O) groups excluding carboxylic acids is 1. The van der Waals surface area contributed by atoms with Gasteiger partial charge in [0.25, 0.3) is 0 Å². The summed E-state index contributed by atoms with van der Waals surface area (Å²) in [5.41, 5.74) is 0. The number of hydrogen-bond acceptors (Lipinski definition) is 1. The van der Waals surface area contributed by atoms with E-state index in [1.165, 1.54) is 25.7 Å². The Morgan fingerprint density at radius 3 is 2.62 bits per heavy atom. The van der Waals surface area contributed by atoms with Crippen molar-refractivity contribution in [1.29, 1.82) is 0 Å². The van der Waals surface area contributed by atoms with Crippen molar-refractivity contribution in [2.45, 2.75) is 51.5 Å². The number of rotatable bonds is 1. The number of amides is 1. The van der Waals surface area contributed by atoms with Gasteiger partial charge in [-0.2, -0.15) is 0 Å². The molecule has 2 nitrogen and oxygen atoms in total. The summed E-state index contributed by atoms with van der Waals surface area (Å²) in [6.45, 7) is 3.32. The highest BCUT2D eigenvalue weighted by Crippen LogP contribution is 2.30. The summed E-state index contributed by atoms with van der Waals surface area (Å²) < 4.78 is 0. The van der Waals surface area contributed by atoms with Gasteiger partial charge in [0.1, 0.15) is 0 Å². The highest BCUT2D eigenvalue weighted by molar-refractivity contribution is 5.78. The van der Waals surface area contributed by atoms with Crippen molar-refractivity contribution in [2.24, 2.45) is 5.92 Å². The van der Waals surface area contributed by atoms with Crippen LogP contribution in [0.5, 0.6) is 0 Å². The molecule has 1 aliphatic heterocycles. The Morgan fingerprint density at radius 1 is 1.23 bits per heavy atom. The number of likely N-dealkylation sites (tertiary alicyclic amines) is 1. The van der Waals surface area contributed by atoms with E-state index in [9.17, 15) is 4.79 Å². The molecule has 2 fully saturated rings. The van der Waals surface area contributed by atoms with Crippen LogP contribution in [-0.2, 0) is 4.79 Å². The van der Waals surface area contributed by atoms with Crippen molar-refractivity contribution in [1.82, 2.24) is 4.90 Å². The van der Waals surface area contributed by atoms with Crippen LogP contribution in [0.4, 0.5) is 0 Å². The average molecular weight is 181 g/mol. The Morgan fingerprint density at radius 2 is 2.00 bits per heavy atom. The topological polar surface area (TPSA) is 20.3 Å². The summed E-state index contributed by atoms with van der Waals surface area (Å²) in [6, 6.07) is 0.573. The molecule has 2 heteroatoms. The van der Waals surface area contributed by atoms with Gasteiger partial charge < -0.3 is 4.90 Å². The second kappa shape index (κ2) is 3.69. The van der Waals surface area contributed by atoms with Crippen LogP contribution in [0.1, 0.15) is 45.4 Å². The molecule has 0 radical (unpaired) electrons. The molecule has 0 spiro atoms. The van der Waals surface area contributed by atoms with Crippen molar-refractivity contribution >= 4 is 5.91 Å². The zero-order valence-electron chi connectivity index (χ0n) is 8.46. The maximum atomic E-state index is 11.5. The van der Waals surface area contributed by atoms with E-state index in [-0.39, 0.29) is 0 Å². The van der Waals surface area contributed by atoms with Crippen LogP contribution in [0.15, 0.2) is 0 Å². The third kappa shape index (κ3) is 1.72. The molecule has 2 rings (SSSR count). The second-order valence-corrected chi connectivity index (χ2v) is 4.52. The average Bonchev–Trinajstić information content (AvgIpc) is 2.52. The van der Waals surface area contributed by atoms with E-state index in [4.69, 9.17) is 0 Å². The second-order valence-electron chi connectivity index (χ2n) is 4.52. The van der Waals surface area contributed by atoms with Gasteiger partial charge in [0.15, 0.2) is 0 Å². The Kier molecular flexibility index (Phi) is 2.56. The van der Waals surface area contributed by atoms with Crippen molar-refractivity contribution in [3.8, 4) is 0 Å². The van der Waals surface area contributed by atoms with E-state index >= 15 is 0 Å². The van der Waals surface area contributed by atoms with Crippen molar-refractivity contribution in [3.05, 3.63) is 0 Å². The first-order valence-corrected chi connectivity index (χ1v) is 5.58. The van der Waals surface area contributed by atoms with E-state index in [2.05, 4.69) is 11.8 Å². The summed E-state index contributed by atoms with van der Waals surface area (Å²) in [5, 5.41) is 0. The minimum atomic E-state index is 0.402. The fourth-order valence-electron chi connectivity index (χ4n) is 2.78. The lowest BCUT2D eigenvalue weighted by Crippen LogP contribution is -2.42. The smallest absolute Gasteiger partial charge is 0.222 e. The molecule has 1 heterocycles. The van der Waals surface area contributed by atoms with E-state index < -0.39 is 0 Å². The third-order valence-electron chi connectivity index (χ3n) is 3.58. The first-order chi connectivity index (χ1) is 6.29. The summed E-state index contributed by atoms with van der Waals surface area (Å²) in [7, 11) is 0. The molecule has 1 saturated carbocycles.